The molecule has 0 aromatic heterocycles. The summed E-state index contributed by atoms with van der Waals surface area (Å²) in [7, 11) is -2.15. The Morgan fingerprint density at radius 2 is 1.90 bits per heavy atom. The normalized spacial score (nSPS) is 11.9. The molecule has 2 aromatic rings. The number of nitrogens with zero attached hydrogens (tertiary/aromatic N) is 1. The molecule has 112 valence electrons. The Morgan fingerprint density at radius 1 is 1.19 bits per heavy atom. The summed E-state index contributed by atoms with van der Waals surface area (Å²) in [6, 6.07) is 11.0. The van der Waals surface area contributed by atoms with Crippen LogP contribution in [0.2, 0.25) is 0 Å². The van der Waals surface area contributed by atoms with Gasteiger partial charge in [-0.15, -0.1) is 0 Å². The van der Waals surface area contributed by atoms with Gasteiger partial charge in [-0.2, -0.15) is 4.31 Å². The molecule has 0 unspecified atom stereocenters. The Morgan fingerprint density at radius 3 is 2.52 bits per heavy atom. The number of hydrogen-bond donors (Lipinski definition) is 0. The second kappa shape index (κ2) is 6.25. The fraction of sp³-hybridized carbons (Fsp3) is 0.200. The molecule has 0 radical (unpaired) electrons. The molecule has 0 aliphatic rings. The summed E-state index contributed by atoms with van der Waals surface area (Å²) in [4.78, 5) is 0.201. The Kier molecular flexibility index (Phi) is 4.81. The number of hydrogen-bond acceptors (Lipinski definition) is 2. The van der Waals surface area contributed by atoms with Gasteiger partial charge in [0.15, 0.2) is 0 Å². The maximum atomic E-state index is 13.2. The van der Waals surface area contributed by atoms with Gasteiger partial charge in [0.25, 0.3) is 0 Å². The Balaban J connectivity index is 2.30. The van der Waals surface area contributed by atoms with E-state index in [0.717, 1.165) is 5.56 Å². The van der Waals surface area contributed by atoms with Gasteiger partial charge in [0.2, 0.25) is 10.0 Å². The monoisotopic (exact) mass is 371 g/mol. The smallest absolute Gasteiger partial charge is 0.207 e. The van der Waals surface area contributed by atoms with Crippen LogP contribution >= 0.6 is 15.9 Å². The van der Waals surface area contributed by atoms with E-state index in [0.29, 0.717) is 10.0 Å². The molecule has 0 N–H and O–H groups in total. The summed E-state index contributed by atoms with van der Waals surface area (Å²) in [5, 5.41) is 0. The van der Waals surface area contributed by atoms with E-state index >= 15 is 0 Å². The van der Waals surface area contributed by atoms with Crippen molar-refractivity contribution < 1.29 is 12.8 Å². The predicted octanol–water partition coefficient (Wildman–Crippen LogP) is 3.72. The van der Waals surface area contributed by atoms with E-state index in [1.165, 1.54) is 23.5 Å². The average molecular weight is 372 g/mol. The van der Waals surface area contributed by atoms with Crippen molar-refractivity contribution in [1.82, 2.24) is 4.31 Å². The fourth-order valence-corrected chi connectivity index (χ4v) is 4.27. The van der Waals surface area contributed by atoms with Gasteiger partial charge < -0.3 is 0 Å². The summed E-state index contributed by atoms with van der Waals surface area (Å²) in [5.74, 6) is -0.380. The second-order valence-electron chi connectivity index (χ2n) is 4.82. The number of rotatable bonds is 4. The van der Waals surface area contributed by atoms with Crippen LogP contribution in [-0.4, -0.2) is 19.8 Å². The zero-order valence-corrected chi connectivity index (χ0v) is 14.1. The van der Waals surface area contributed by atoms with Crippen LogP contribution in [0.3, 0.4) is 0 Å². The fourth-order valence-electron chi connectivity index (χ4n) is 1.96. The van der Waals surface area contributed by atoms with Crippen LogP contribution in [-0.2, 0) is 16.6 Å². The van der Waals surface area contributed by atoms with Crippen LogP contribution in [0.1, 0.15) is 11.1 Å². The third kappa shape index (κ3) is 3.70. The maximum Gasteiger partial charge on any atom is 0.244 e. The number of benzene rings is 2. The lowest BCUT2D eigenvalue weighted by Gasteiger charge is -2.18. The molecule has 0 spiro atoms. The summed E-state index contributed by atoms with van der Waals surface area (Å²) in [5.41, 5.74) is 1.57. The molecule has 2 rings (SSSR count). The van der Waals surface area contributed by atoms with Crippen molar-refractivity contribution in [2.24, 2.45) is 0 Å². The van der Waals surface area contributed by atoms with Crippen LogP contribution < -0.4 is 0 Å². The highest BCUT2D eigenvalue weighted by atomic mass is 79.9. The van der Waals surface area contributed by atoms with E-state index in [1.54, 1.807) is 30.3 Å². The molecule has 0 aliphatic heterocycles. The Hall–Kier alpha value is -1.24. The minimum atomic E-state index is -3.63. The van der Waals surface area contributed by atoms with Gasteiger partial charge in [0.1, 0.15) is 5.82 Å². The van der Waals surface area contributed by atoms with Crippen molar-refractivity contribution in [3.63, 3.8) is 0 Å². The summed E-state index contributed by atoms with van der Waals surface area (Å²) in [6.45, 7) is 2.00. The standard InChI is InChI=1S/C15H15BrFNO2S/c1-11-6-7-15(14(16)8-11)21(19,20)18(2)10-12-4-3-5-13(17)9-12/h3-9H,10H2,1-2H3. The van der Waals surface area contributed by atoms with Gasteiger partial charge in [0.05, 0.1) is 4.90 Å². The largest absolute Gasteiger partial charge is 0.244 e. The Labute approximate surface area is 132 Å². The van der Waals surface area contributed by atoms with Gasteiger partial charge in [-0.25, -0.2) is 12.8 Å². The van der Waals surface area contributed by atoms with E-state index < -0.39 is 10.0 Å². The second-order valence-corrected chi connectivity index (χ2v) is 7.69. The third-order valence-electron chi connectivity index (χ3n) is 3.07. The van der Waals surface area contributed by atoms with Crippen molar-refractivity contribution in [2.45, 2.75) is 18.4 Å². The minimum absolute atomic E-state index is 0.112. The molecule has 0 amide bonds. The molecule has 6 heteroatoms. The van der Waals surface area contributed by atoms with Crippen molar-refractivity contribution >= 4 is 26.0 Å². The molecule has 21 heavy (non-hydrogen) atoms. The van der Waals surface area contributed by atoms with Gasteiger partial charge in [-0.3, -0.25) is 0 Å². The SMILES string of the molecule is Cc1ccc(S(=O)(=O)N(C)Cc2cccc(F)c2)c(Br)c1. The molecular weight excluding hydrogens is 357 g/mol. The molecule has 0 saturated carbocycles. The molecule has 0 heterocycles. The minimum Gasteiger partial charge on any atom is -0.207 e. The highest BCUT2D eigenvalue weighted by Gasteiger charge is 2.23. The van der Waals surface area contributed by atoms with Gasteiger partial charge >= 0.3 is 0 Å². The first-order valence-electron chi connectivity index (χ1n) is 6.27. The van der Waals surface area contributed by atoms with Crippen molar-refractivity contribution in [1.29, 1.82) is 0 Å². The van der Waals surface area contributed by atoms with Crippen molar-refractivity contribution in [2.75, 3.05) is 7.05 Å². The number of sulfonamides is 1. The van der Waals surface area contributed by atoms with Crippen LogP contribution in [0.15, 0.2) is 51.8 Å². The number of aryl methyl sites for hydroxylation is 1. The Bertz CT molecular complexity index is 762. The zero-order valence-electron chi connectivity index (χ0n) is 11.7. The number of halogens is 2. The predicted molar refractivity (Wildman–Crippen MR) is 83.9 cm³/mol. The van der Waals surface area contributed by atoms with E-state index in [2.05, 4.69) is 15.9 Å². The first-order chi connectivity index (χ1) is 9.80. The molecule has 0 saturated heterocycles. The summed E-state index contributed by atoms with van der Waals surface area (Å²) >= 11 is 3.28. The van der Waals surface area contributed by atoms with Crippen molar-refractivity contribution in [3.8, 4) is 0 Å². The molecule has 0 fully saturated rings. The summed E-state index contributed by atoms with van der Waals surface area (Å²) < 4.78 is 40.0. The van der Waals surface area contributed by atoms with Crippen LogP contribution in [0, 0.1) is 12.7 Å². The topological polar surface area (TPSA) is 37.4 Å². The van der Waals surface area contributed by atoms with Gasteiger partial charge in [-0.05, 0) is 58.2 Å². The van der Waals surface area contributed by atoms with Crippen LogP contribution in [0.4, 0.5) is 4.39 Å². The van der Waals surface area contributed by atoms with E-state index in [4.69, 9.17) is 0 Å². The first kappa shape index (κ1) is 16.1. The lowest BCUT2D eigenvalue weighted by molar-refractivity contribution is 0.465. The molecule has 0 atom stereocenters. The molecule has 0 aliphatic carbocycles. The third-order valence-corrected chi connectivity index (χ3v) is 5.85. The zero-order chi connectivity index (χ0) is 15.6. The highest BCUT2D eigenvalue weighted by Crippen LogP contribution is 2.26. The van der Waals surface area contributed by atoms with Crippen LogP contribution in [0.5, 0.6) is 0 Å². The quantitative estimate of drug-likeness (QED) is 0.821. The van der Waals surface area contributed by atoms with E-state index in [1.807, 2.05) is 6.92 Å². The first-order valence-corrected chi connectivity index (χ1v) is 8.51. The molecule has 2 aromatic carbocycles. The van der Waals surface area contributed by atoms with Gasteiger partial charge in [0, 0.05) is 18.1 Å². The molecule has 3 nitrogen and oxygen atoms in total. The molecular formula is C15H15BrFNO2S. The average Bonchev–Trinajstić information content (AvgIpc) is 2.38. The maximum absolute atomic E-state index is 13.2. The lowest BCUT2D eigenvalue weighted by atomic mass is 10.2. The van der Waals surface area contributed by atoms with Crippen molar-refractivity contribution in [3.05, 3.63) is 63.9 Å². The summed E-state index contributed by atoms with van der Waals surface area (Å²) in [6.07, 6.45) is 0. The van der Waals surface area contributed by atoms with E-state index in [-0.39, 0.29) is 17.3 Å². The van der Waals surface area contributed by atoms with Gasteiger partial charge in [-0.1, -0.05) is 18.2 Å². The lowest BCUT2D eigenvalue weighted by Crippen LogP contribution is -2.26. The van der Waals surface area contributed by atoms with Crippen LogP contribution in [0.25, 0.3) is 0 Å². The molecule has 0 bridgehead atoms. The van der Waals surface area contributed by atoms with E-state index in [9.17, 15) is 12.8 Å². The highest BCUT2D eigenvalue weighted by molar-refractivity contribution is 9.10.